The summed E-state index contributed by atoms with van der Waals surface area (Å²) >= 11 is 0. The normalized spacial score (nSPS) is 19.1. The van der Waals surface area contributed by atoms with Crippen LogP contribution in [0.2, 0.25) is 0 Å². The Hall–Kier alpha value is -7.72. The van der Waals surface area contributed by atoms with Gasteiger partial charge < -0.3 is 90.1 Å². The van der Waals surface area contributed by atoms with E-state index >= 15 is 0 Å². The Balaban J connectivity index is 1.57. The first-order valence-electron chi connectivity index (χ1n) is 15.4. The second kappa shape index (κ2) is 15.3. The molecule has 56 heavy (non-hydrogen) atoms. The number of phenols is 12. The fourth-order valence-corrected chi connectivity index (χ4v) is 5.14. The summed E-state index contributed by atoms with van der Waals surface area (Å²) in [6.07, 6.45) is -11.2. The average Bonchev–Trinajstić information content (AvgIpc) is 3.14. The van der Waals surface area contributed by atoms with Crippen LogP contribution in [-0.2, 0) is 23.7 Å². The molecule has 0 aromatic heterocycles. The Kier molecular flexibility index (Phi) is 10.8. The second-order valence-corrected chi connectivity index (χ2v) is 11.7. The topological polar surface area (TPSA) is 377 Å². The Bertz CT molecular complexity index is 2140. The number of hydrogen-bond donors (Lipinski definition) is 13. The maximum absolute atomic E-state index is 13.5. The number of benzene rings is 4. The van der Waals surface area contributed by atoms with E-state index in [1.165, 1.54) is 0 Å². The van der Waals surface area contributed by atoms with Gasteiger partial charge in [0.25, 0.3) is 0 Å². The molecule has 0 radical (unpaired) electrons. The van der Waals surface area contributed by atoms with Gasteiger partial charge in [0, 0.05) is 0 Å². The van der Waals surface area contributed by atoms with Crippen molar-refractivity contribution in [1.29, 1.82) is 0 Å². The van der Waals surface area contributed by atoms with Gasteiger partial charge in [-0.3, -0.25) is 0 Å². The molecule has 1 saturated heterocycles. The molecule has 22 heteroatoms. The highest BCUT2D eigenvalue weighted by Gasteiger charge is 2.53. The molecule has 0 unspecified atom stereocenters. The first-order valence-corrected chi connectivity index (χ1v) is 15.4. The van der Waals surface area contributed by atoms with Crippen molar-refractivity contribution in [1.82, 2.24) is 0 Å². The summed E-state index contributed by atoms with van der Waals surface area (Å²) in [6, 6.07) is 4.99. The molecule has 4 aromatic rings. The molecule has 4 aromatic carbocycles. The zero-order chi connectivity index (χ0) is 41.3. The van der Waals surface area contributed by atoms with Crippen LogP contribution in [0.25, 0.3) is 0 Å². The van der Waals surface area contributed by atoms with E-state index in [9.17, 15) is 85.6 Å². The molecule has 1 heterocycles. The van der Waals surface area contributed by atoms with E-state index in [2.05, 4.69) is 0 Å². The summed E-state index contributed by atoms with van der Waals surface area (Å²) < 4.78 is 26.8. The van der Waals surface area contributed by atoms with Crippen LogP contribution in [0.15, 0.2) is 48.5 Å². The van der Waals surface area contributed by atoms with Crippen molar-refractivity contribution < 1.29 is 109 Å². The molecule has 13 N–H and O–H groups in total. The Morgan fingerprint density at radius 2 is 0.696 bits per heavy atom. The van der Waals surface area contributed by atoms with Gasteiger partial charge in [0.05, 0.1) is 22.3 Å². The number of esters is 4. The molecule has 296 valence electrons. The predicted molar refractivity (Wildman–Crippen MR) is 175 cm³/mol. The van der Waals surface area contributed by atoms with Gasteiger partial charge in [0.1, 0.15) is 12.7 Å². The van der Waals surface area contributed by atoms with Gasteiger partial charge in [-0.15, -0.1) is 0 Å². The van der Waals surface area contributed by atoms with Crippen LogP contribution in [0.4, 0.5) is 0 Å². The molecule has 22 nitrogen and oxygen atoms in total. The summed E-state index contributed by atoms with van der Waals surface area (Å²) in [5.74, 6) is -18.2. The molecule has 0 saturated carbocycles. The van der Waals surface area contributed by atoms with Gasteiger partial charge in [-0.1, -0.05) is 0 Å². The molecular formula is C34H28O22. The zero-order valence-electron chi connectivity index (χ0n) is 27.7. The molecule has 0 amide bonds. The Morgan fingerprint density at radius 3 is 1.02 bits per heavy atom. The summed E-state index contributed by atoms with van der Waals surface area (Å²) in [5.41, 5.74) is -2.68. The highest BCUT2D eigenvalue weighted by Crippen LogP contribution is 2.40. The minimum absolute atomic E-state index is 0.570. The maximum Gasteiger partial charge on any atom is 0.339 e. The van der Waals surface area contributed by atoms with Crippen molar-refractivity contribution in [2.45, 2.75) is 30.7 Å². The van der Waals surface area contributed by atoms with Crippen molar-refractivity contribution in [2.24, 2.45) is 0 Å². The largest absolute Gasteiger partial charge is 0.504 e. The third-order valence-electron chi connectivity index (χ3n) is 7.94. The lowest BCUT2D eigenvalue weighted by molar-refractivity contribution is -0.284. The van der Waals surface area contributed by atoms with E-state index in [0.717, 1.165) is 0 Å². The minimum Gasteiger partial charge on any atom is -0.504 e. The Morgan fingerprint density at radius 1 is 0.429 bits per heavy atom. The number of carbonyl (C=O) groups is 4. The molecule has 1 aliphatic heterocycles. The number of phenolic OH excluding ortho intramolecular Hbond substituents is 12. The van der Waals surface area contributed by atoms with Crippen LogP contribution in [0.5, 0.6) is 69.0 Å². The fraction of sp³-hybridized carbons (Fsp3) is 0.176. The molecule has 0 bridgehead atoms. The van der Waals surface area contributed by atoms with Crippen LogP contribution in [0.3, 0.4) is 0 Å². The van der Waals surface area contributed by atoms with Crippen molar-refractivity contribution in [3.8, 4) is 69.0 Å². The van der Waals surface area contributed by atoms with Crippen LogP contribution < -0.4 is 0 Å². The van der Waals surface area contributed by atoms with Gasteiger partial charge in [-0.25, -0.2) is 19.2 Å². The van der Waals surface area contributed by atoms with E-state index in [1.807, 2.05) is 0 Å². The van der Waals surface area contributed by atoms with Crippen molar-refractivity contribution >= 4 is 23.9 Å². The standard InChI is InChI=1S/C34H28O22/c35-14-1-10(2-15(36)23(14)43)30(47)52-9-22-27(54-31(48)11-3-16(37)24(44)17(38)4-11)28(55-32(49)12-5-18(39)25(45)19(40)6-12)29(34(51)53-22)56-33(50)13-7-20(41)26(46)21(42)8-13/h1-8,22,27-29,34-46,51H,9H2/t22-,27-,28+,29+,34-/m1/s1. The van der Waals surface area contributed by atoms with Crippen molar-refractivity contribution in [2.75, 3.05) is 6.61 Å². The third-order valence-corrected chi connectivity index (χ3v) is 7.94. The minimum atomic E-state index is -2.43. The van der Waals surface area contributed by atoms with Crippen LogP contribution in [-0.4, -0.2) is 128 Å². The fourth-order valence-electron chi connectivity index (χ4n) is 5.14. The van der Waals surface area contributed by atoms with Crippen molar-refractivity contribution in [3.63, 3.8) is 0 Å². The van der Waals surface area contributed by atoms with E-state index < -0.39 is 152 Å². The zero-order valence-corrected chi connectivity index (χ0v) is 27.7. The molecule has 5 rings (SSSR count). The first kappa shape index (κ1) is 39.5. The molecule has 5 atom stereocenters. The van der Waals surface area contributed by atoms with Crippen LogP contribution >= 0.6 is 0 Å². The van der Waals surface area contributed by atoms with E-state index in [1.54, 1.807) is 0 Å². The number of aliphatic hydroxyl groups is 1. The average molecular weight is 789 g/mol. The van der Waals surface area contributed by atoms with E-state index in [4.69, 9.17) is 23.7 Å². The van der Waals surface area contributed by atoms with Gasteiger partial charge in [-0.05, 0) is 48.5 Å². The molecule has 0 aliphatic carbocycles. The maximum atomic E-state index is 13.5. The first-order chi connectivity index (χ1) is 26.3. The lowest BCUT2D eigenvalue weighted by Gasteiger charge is -2.42. The van der Waals surface area contributed by atoms with Gasteiger partial charge >= 0.3 is 23.9 Å². The van der Waals surface area contributed by atoms with Gasteiger partial charge in [0.15, 0.2) is 93.6 Å². The number of aromatic hydroxyl groups is 12. The monoisotopic (exact) mass is 788 g/mol. The summed E-state index contributed by atoms with van der Waals surface area (Å²) in [6.45, 7) is -1.09. The number of ether oxygens (including phenoxy) is 5. The highest BCUT2D eigenvalue weighted by molar-refractivity contribution is 5.93. The van der Waals surface area contributed by atoms with Crippen molar-refractivity contribution in [3.05, 3.63) is 70.8 Å². The van der Waals surface area contributed by atoms with Crippen LogP contribution in [0, 0.1) is 0 Å². The predicted octanol–water partition coefficient (Wildman–Crippen LogP) is 0.705. The second-order valence-electron chi connectivity index (χ2n) is 11.7. The number of rotatable bonds is 9. The molecule has 1 aliphatic rings. The lowest BCUT2D eigenvalue weighted by atomic mass is 9.97. The summed E-state index contributed by atoms with van der Waals surface area (Å²) in [5, 5.41) is 129. The smallest absolute Gasteiger partial charge is 0.339 e. The summed E-state index contributed by atoms with van der Waals surface area (Å²) in [7, 11) is 0. The molecule has 0 spiro atoms. The SMILES string of the molecule is O=C(OC[C@H]1O[C@@H](O)[C@@H](OC(=O)c2cc(O)c(O)c(O)c2)[C@@H](OC(=O)c2cc(O)c(O)c(O)c2)[C@@H]1OC(=O)c1cc(O)c(O)c(O)c1)c1cc(O)c(O)c(O)c1. The van der Waals surface area contributed by atoms with Crippen LogP contribution in [0.1, 0.15) is 41.4 Å². The van der Waals surface area contributed by atoms with E-state index in [-0.39, 0.29) is 0 Å². The number of aliphatic hydroxyl groups excluding tert-OH is 1. The highest BCUT2D eigenvalue weighted by atomic mass is 16.7. The Labute approximate surface area is 310 Å². The van der Waals surface area contributed by atoms with Gasteiger partial charge in [-0.2, -0.15) is 0 Å². The third kappa shape index (κ3) is 7.95. The molecular weight excluding hydrogens is 760 g/mol. The number of hydrogen-bond acceptors (Lipinski definition) is 22. The van der Waals surface area contributed by atoms with E-state index in [0.29, 0.717) is 48.5 Å². The lowest BCUT2D eigenvalue weighted by Crippen LogP contribution is -2.62. The quantitative estimate of drug-likeness (QED) is 0.0630. The van der Waals surface area contributed by atoms with Gasteiger partial charge in [0.2, 0.25) is 0 Å². The number of carbonyl (C=O) groups excluding carboxylic acids is 4. The molecule has 1 fully saturated rings. The summed E-state index contributed by atoms with van der Waals surface area (Å²) in [4.78, 5) is 53.1.